The number of halogens is 2. The number of nitrogens with two attached hydrogens (primary N) is 1. The first-order valence-electron chi connectivity index (χ1n) is 8.47. The average molecular weight is 433 g/mol. The molecule has 0 fully saturated rings. The molecule has 3 aromatic rings. The van der Waals surface area contributed by atoms with Crippen molar-refractivity contribution < 1.29 is 9.53 Å². The van der Waals surface area contributed by atoms with Gasteiger partial charge in [-0.05, 0) is 30.3 Å². The van der Waals surface area contributed by atoms with Crippen molar-refractivity contribution in [1.82, 2.24) is 15.4 Å². The summed E-state index contributed by atoms with van der Waals surface area (Å²) in [5.41, 5.74) is 12.5. The number of hydrogen-bond acceptors (Lipinski definition) is 7. The Kier molecular flexibility index (Phi) is 6.58. The number of anilines is 4. The fraction of sp³-hybridized carbons (Fsp3) is 0.105. The molecule has 0 bridgehead atoms. The maximum atomic E-state index is 12.1. The number of carbonyl (C=O) groups excluding carboxylic acids is 1. The third kappa shape index (κ3) is 5.18. The van der Waals surface area contributed by atoms with E-state index >= 15 is 0 Å². The Morgan fingerprint density at radius 3 is 2.66 bits per heavy atom. The summed E-state index contributed by atoms with van der Waals surface area (Å²) in [4.78, 5) is 22.2. The van der Waals surface area contributed by atoms with Gasteiger partial charge in [-0.15, -0.1) is 0 Å². The number of aromatic nitrogens is 2. The molecule has 8 nitrogen and oxygen atoms in total. The molecule has 2 aromatic carbocycles. The molecule has 150 valence electrons. The molecule has 0 radical (unpaired) electrons. The highest BCUT2D eigenvalue weighted by Gasteiger charge is 2.14. The van der Waals surface area contributed by atoms with E-state index in [0.717, 1.165) is 5.69 Å². The number of ether oxygens (including phenoxy) is 1. The van der Waals surface area contributed by atoms with Crippen LogP contribution in [0, 0.1) is 0 Å². The van der Waals surface area contributed by atoms with Crippen LogP contribution in [0.25, 0.3) is 0 Å². The van der Waals surface area contributed by atoms with E-state index in [1.807, 2.05) is 42.3 Å². The van der Waals surface area contributed by atoms with Crippen LogP contribution in [0.5, 0.6) is 5.75 Å². The van der Waals surface area contributed by atoms with Gasteiger partial charge in [-0.3, -0.25) is 15.6 Å². The molecule has 3 rings (SSSR count). The Hall–Kier alpha value is -3.23. The van der Waals surface area contributed by atoms with Crippen molar-refractivity contribution in [1.29, 1.82) is 0 Å². The van der Waals surface area contributed by atoms with Crippen LogP contribution in [0.1, 0.15) is 0 Å². The zero-order chi connectivity index (χ0) is 20.8. The number of nitrogens with one attached hydrogen (secondary N) is 2. The number of para-hydroxylation sites is 1. The zero-order valence-electron chi connectivity index (χ0n) is 15.4. The topological polar surface area (TPSA) is 105 Å². The molecule has 0 aliphatic carbocycles. The lowest BCUT2D eigenvalue weighted by Gasteiger charge is -2.21. The Labute approximate surface area is 177 Å². The molecule has 0 atom stereocenters. The minimum absolute atomic E-state index is 0.260. The molecule has 1 aromatic heterocycles. The van der Waals surface area contributed by atoms with E-state index in [1.54, 1.807) is 12.1 Å². The summed E-state index contributed by atoms with van der Waals surface area (Å²) in [6.07, 6.45) is 1.35. The van der Waals surface area contributed by atoms with Crippen LogP contribution in [0.4, 0.5) is 23.0 Å². The molecule has 4 N–H and O–H groups in total. The van der Waals surface area contributed by atoms with Crippen LogP contribution in [0.2, 0.25) is 10.0 Å². The van der Waals surface area contributed by atoms with Crippen molar-refractivity contribution in [3.05, 3.63) is 64.9 Å². The smallest absolute Gasteiger partial charge is 0.276 e. The van der Waals surface area contributed by atoms with Gasteiger partial charge in [0.15, 0.2) is 18.2 Å². The number of benzene rings is 2. The SMILES string of the molecule is CN(c1ccccc1)c1ncnc(NNC(=O)COc2ccc(Cl)cc2Cl)c1N. The summed E-state index contributed by atoms with van der Waals surface area (Å²) in [5.74, 6) is 0.648. The summed E-state index contributed by atoms with van der Waals surface area (Å²) in [7, 11) is 1.83. The Balaban J connectivity index is 1.61. The number of carbonyl (C=O) groups is 1. The van der Waals surface area contributed by atoms with Crippen molar-refractivity contribution >= 4 is 52.1 Å². The molecule has 0 aliphatic heterocycles. The third-order valence-electron chi connectivity index (χ3n) is 3.90. The summed E-state index contributed by atoms with van der Waals surface area (Å²) >= 11 is 11.8. The van der Waals surface area contributed by atoms with Crippen LogP contribution >= 0.6 is 23.2 Å². The van der Waals surface area contributed by atoms with Gasteiger partial charge in [-0.1, -0.05) is 41.4 Å². The van der Waals surface area contributed by atoms with Gasteiger partial charge < -0.3 is 15.4 Å². The van der Waals surface area contributed by atoms with Gasteiger partial charge in [-0.2, -0.15) is 0 Å². The van der Waals surface area contributed by atoms with Gasteiger partial charge in [0.1, 0.15) is 17.8 Å². The van der Waals surface area contributed by atoms with Crippen LogP contribution < -0.4 is 26.2 Å². The number of nitrogen functional groups attached to an aromatic ring is 1. The Bertz CT molecular complexity index is 1000. The van der Waals surface area contributed by atoms with Gasteiger partial charge in [0.25, 0.3) is 5.91 Å². The quantitative estimate of drug-likeness (QED) is 0.489. The van der Waals surface area contributed by atoms with E-state index in [9.17, 15) is 4.79 Å². The third-order valence-corrected chi connectivity index (χ3v) is 4.43. The summed E-state index contributed by atoms with van der Waals surface area (Å²) in [5, 5.41) is 0.788. The van der Waals surface area contributed by atoms with E-state index in [2.05, 4.69) is 20.8 Å². The second-order valence-corrected chi connectivity index (χ2v) is 6.73. The Morgan fingerprint density at radius 2 is 1.93 bits per heavy atom. The maximum Gasteiger partial charge on any atom is 0.276 e. The second-order valence-electron chi connectivity index (χ2n) is 5.89. The lowest BCUT2D eigenvalue weighted by Crippen LogP contribution is -2.34. The molecule has 0 saturated carbocycles. The minimum Gasteiger partial charge on any atom is -0.482 e. The van der Waals surface area contributed by atoms with Crippen molar-refractivity contribution in [2.45, 2.75) is 0 Å². The van der Waals surface area contributed by atoms with Gasteiger partial charge in [0.2, 0.25) is 0 Å². The predicted octanol–water partition coefficient (Wildman–Crippen LogP) is 3.66. The van der Waals surface area contributed by atoms with E-state index in [1.165, 1.54) is 12.4 Å². The molecule has 0 aliphatic rings. The number of hydrazine groups is 1. The summed E-state index contributed by atoms with van der Waals surface area (Å²) in [6, 6.07) is 14.3. The molecule has 1 amide bonds. The van der Waals surface area contributed by atoms with Crippen molar-refractivity contribution in [2.75, 3.05) is 29.7 Å². The molecule has 0 spiro atoms. The van der Waals surface area contributed by atoms with Gasteiger partial charge in [-0.25, -0.2) is 9.97 Å². The van der Waals surface area contributed by atoms with Crippen LogP contribution in [-0.2, 0) is 4.79 Å². The number of hydrogen-bond donors (Lipinski definition) is 3. The number of amides is 1. The molecule has 1 heterocycles. The molecule has 0 unspecified atom stereocenters. The van der Waals surface area contributed by atoms with E-state index in [4.69, 9.17) is 33.7 Å². The fourth-order valence-electron chi connectivity index (χ4n) is 2.43. The first-order chi connectivity index (χ1) is 14.0. The van der Waals surface area contributed by atoms with Crippen LogP contribution in [-0.4, -0.2) is 29.5 Å². The highest BCUT2D eigenvalue weighted by molar-refractivity contribution is 6.35. The molecule has 0 saturated heterocycles. The average Bonchev–Trinajstić information content (AvgIpc) is 2.72. The summed E-state index contributed by atoms with van der Waals surface area (Å²) in [6.45, 7) is -0.268. The van der Waals surface area contributed by atoms with E-state index < -0.39 is 5.91 Å². The van der Waals surface area contributed by atoms with E-state index in [-0.39, 0.29) is 18.1 Å². The van der Waals surface area contributed by atoms with Crippen molar-refractivity contribution in [3.8, 4) is 5.75 Å². The maximum absolute atomic E-state index is 12.1. The first-order valence-corrected chi connectivity index (χ1v) is 9.23. The van der Waals surface area contributed by atoms with Gasteiger partial charge in [0.05, 0.1) is 5.02 Å². The van der Waals surface area contributed by atoms with Crippen LogP contribution in [0.3, 0.4) is 0 Å². The van der Waals surface area contributed by atoms with Gasteiger partial charge in [0, 0.05) is 17.8 Å². The minimum atomic E-state index is -0.452. The van der Waals surface area contributed by atoms with Crippen molar-refractivity contribution in [3.63, 3.8) is 0 Å². The predicted molar refractivity (Wildman–Crippen MR) is 115 cm³/mol. The molecular formula is C19H18Cl2N6O2. The lowest BCUT2D eigenvalue weighted by molar-refractivity contribution is -0.122. The molecule has 29 heavy (non-hydrogen) atoms. The van der Waals surface area contributed by atoms with Gasteiger partial charge >= 0.3 is 0 Å². The molecule has 10 heteroatoms. The fourth-order valence-corrected chi connectivity index (χ4v) is 2.89. The monoisotopic (exact) mass is 432 g/mol. The van der Waals surface area contributed by atoms with Crippen LogP contribution in [0.15, 0.2) is 54.9 Å². The summed E-state index contributed by atoms with van der Waals surface area (Å²) < 4.78 is 5.38. The number of nitrogens with zero attached hydrogens (tertiary/aromatic N) is 3. The standard InChI is InChI=1S/C19H18Cl2N6O2/c1-27(13-5-3-2-4-6-13)19-17(22)18(23-11-24-19)26-25-16(28)10-29-15-8-7-12(20)9-14(15)21/h2-9,11H,10,22H2,1H3,(H,25,28)(H,23,24,26). The highest BCUT2D eigenvalue weighted by Crippen LogP contribution is 2.30. The van der Waals surface area contributed by atoms with Crippen molar-refractivity contribution in [2.24, 2.45) is 0 Å². The first kappa shape index (κ1) is 20.5. The highest BCUT2D eigenvalue weighted by atomic mass is 35.5. The number of rotatable bonds is 7. The Morgan fingerprint density at radius 1 is 1.17 bits per heavy atom. The zero-order valence-corrected chi connectivity index (χ0v) is 16.9. The lowest BCUT2D eigenvalue weighted by atomic mass is 10.3. The van der Waals surface area contributed by atoms with E-state index in [0.29, 0.717) is 21.6 Å². The second kappa shape index (κ2) is 9.31. The molecular weight excluding hydrogens is 415 g/mol. The normalized spacial score (nSPS) is 10.3. The largest absolute Gasteiger partial charge is 0.482 e.